The highest BCUT2D eigenvalue weighted by molar-refractivity contribution is 9.10. The summed E-state index contributed by atoms with van der Waals surface area (Å²) >= 11 is 9.60. The average molecular weight is 640 g/mol. The smallest absolute Gasteiger partial charge is 0.320 e. The predicted molar refractivity (Wildman–Crippen MR) is 152 cm³/mol. The highest BCUT2D eigenvalue weighted by Gasteiger charge is 2.49. The Balaban J connectivity index is 1.38. The zero-order chi connectivity index (χ0) is 28.6. The minimum absolute atomic E-state index is 0.00666. The molecule has 0 radical (unpaired) electrons. The second-order valence-electron chi connectivity index (χ2n) is 10.2. The van der Waals surface area contributed by atoms with Crippen LogP contribution in [0.2, 0.25) is 5.02 Å². The van der Waals surface area contributed by atoms with Crippen molar-refractivity contribution in [2.75, 3.05) is 32.0 Å². The number of aromatic nitrogens is 3. The van der Waals surface area contributed by atoms with E-state index in [1.165, 1.54) is 0 Å². The number of anilines is 1. The maximum Gasteiger partial charge on any atom is 0.320 e. The van der Waals surface area contributed by atoms with Crippen molar-refractivity contribution in [3.63, 3.8) is 0 Å². The molecule has 0 amide bonds. The van der Waals surface area contributed by atoms with Crippen LogP contribution in [-0.2, 0) is 0 Å². The Morgan fingerprint density at radius 1 is 1.43 bits per heavy atom. The molecule has 0 bridgehead atoms. The fourth-order valence-corrected chi connectivity index (χ4v) is 6.22. The summed E-state index contributed by atoms with van der Waals surface area (Å²) in [6.45, 7) is 7.10. The van der Waals surface area contributed by atoms with E-state index >= 15 is 4.39 Å². The maximum absolute atomic E-state index is 15.3. The monoisotopic (exact) mass is 638 g/mol. The van der Waals surface area contributed by atoms with Gasteiger partial charge in [0.15, 0.2) is 11.6 Å². The molecule has 40 heavy (non-hydrogen) atoms. The van der Waals surface area contributed by atoms with Gasteiger partial charge in [-0.05, 0) is 48.3 Å². The number of fused-ring (bicyclic) bond motifs is 2. The molecule has 2 saturated heterocycles. The molecule has 5 rings (SSSR count). The minimum Gasteiger partial charge on any atom is -0.493 e. The number of nitrogen functional groups attached to an aromatic ring is 1. The van der Waals surface area contributed by atoms with Gasteiger partial charge in [-0.25, -0.2) is 13.8 Å². The second kappa shape index (κ2) is 11.6. The van der Waals surface area contributed by atoms with Crippen molar-refractivity contribution in [2.45, 2.75) is 50.0 Å². The Bertz CT molecular complexity index is 1440. The number of rotatable bonds is 10. The van der Waals surface area contributed by atoms with Crippen LogP contribution >= 0.6 is 27.5 Å². The van der Waals surface area contributed by atoms with Gasteiger partial charge >= 0.3 is 6.01 Å². The van der Waals surface area contributed by atoms with Gasteiger partial charge in [0.25, 0.3) is 0 Å². The van der Waals surface area contributed by atoms with Crippen LogP contribution in [0.1, 0.15) is 37.8 Å². The van der Waals surface area contributed by atoms with E-state index in [9.17, 15) is 9.50 Å². The Morgan fingerprint density at radius 2 is 2.23 bits per heavy atom. The highest BCUT2D eigenvalue weighted by Crippen LogP contribution is 2.45. The van der Waals surface area contributed by atoms with E-state index in [1.54, 1.807) is 18.3 Å². The molecule has 1 aromatic carbocycles. The zero-order valence-electron chi connectivity index (χ0n) is 21.8. The van der Waals surface area contributed by atoms with Crippen LogP contribution in [0.3, 0.4) is 0 Å². The second-order valence-corrected chi connectivity index (χ2v) is 11.4. The molecule has 214 valence electrons. The number of nitrogens with two attached hydrogens (primary N) is 1. The number of hydrogen-bond acceptors (Lipinski definition) is 9. The molecule has 1 unspecified atom stereocenters. The lowest BCUT2D eigenvalue weighted by Crippen LogP contribution is -2.43. The van der Waals surface area contributed by atoms with Gasteiger partial charge in [-0.3, -0.25) is 4.90 Å². The predicted octanol–water partition coefficient (Wildman–Crippen LogP) is 5.11. The molecule has 2 aliphatic heterocycles. The molecule has 0 spiro atoms. The number of halogens is 4. The Labute approximate surface area is 243 Å². The molecule has 2 fully saturated rings. The summed E-state index contributed by atoms with van der Waals surface area (Å²) < 4.78 is 41.2. The summed E-state index contributed by atoms with van der Waals surface area (Å²) in [4.78, 5) is 14.5. The van der Waals surface area contributed by atoms with Gasteiger partial charge in [-0.2, -0.15) is 9.97 Å². The summed E-state index contributed by atoms with van der Waals surface area (Å²) in [5, 5.41) is 14.0. The highest BCUT2D eigenvalue weighted by atomic mass is 79.9. The molecular weight excluding hydrogens is 610 g/mol. The summed E-state index contributed by atoms with van der Waals surface area (Å²) in [6, 6.07) is 2.87. The Kier molecular flexibility index (Phi) is 8.32. The lowest BCUT2D eigenvalue weighted by molar-refractivity contribution is 0.107. The lowest BCUT2D eigenvalue weighted by atomic mass is 9.95. The van der Waals surface area contributed by atoms with Crippen molar-refractivity contribution in [1.29, 1.82) is 0 Å². The van der Waals surface area contributed by atoms with Crippen LogP contribution < -0.4 is 20.5 Å². The topological polar surface area (TPSA) is 119 Å². The first-order chi connectivity index (χ1) is 19.1. The summed E-state index contributed by atoms with van der Waals surface area (Å²) in [6.07, 6.45) is 4.41. The first-order valence-electron chi connectivity index (χ1n) is 12.9. The van der Waals surface area contributed by atoms with Gasteiger partial charge in [0, 0.05) is 30.8 Å². The molecule has 4 N–H and O–H groups in total. The van der Waals surface area contributed by atoms with Crippen molar-refractivity contribution >= 4 is 44.3 Å². The third kappa shape index (κ3) is 5.41. The number of ether oxygens (including phenoxy) is 2. The minimum atomic E-state index is -0.927. The summed E-state index contributed by atoms with van der Waals surface area (Å²) in [5.74, 6) is -0.967. The van der Waals surface area contributed by atoms with Crippen LogP contribution in [0.4, 0.5) is 14.6 Å². The number of benzene rings is 1. The lowest BCUT2D eigenvalue weighted by Gasteiger charge is -2.30. The molecule has 9 nitrogen and oxygen atoms in total. The van der Waals surface area contributed by atoms with Crippen LogP contribution in [0.5, 0.6) is 17.6 Å². The number of hydrogen-bond donors (Lipinski definition) is 3. The normalized spacial score (nSPS) is 22.3. The number of nitrogens with zero attached hydrogens (tertiary/aromatic N) is 4. The average Bonchev–Trinajstić information content (AvgIpc) is 3.45. The van der Waals surface area contributed by atoms with Crippen molar-refractivity contribution in [3.05, 3.63) is 51.9 Å². The first-order valence-corrected chi connectivity index (χ1v) is 14.1. The Morgan fingerprint density at radius 3 is 2.98 bits per heavy atom. The zero-order valence-corrected chi connectivity index (χ0v) is 24.2. The van der Waals surface area contributed by atoms with Gasteiger partial charge in [0.2, 0.25) is 5.88 Å². The number of aromatic hydroxyl groups is 1. The fourth-order valence-electron chi connectivity index (χ4n) is 5.62. The van der Waals surface area contributed by atoms with Crippen LogP contribution in [0.25, 0.3) is 10.9 Å². The fraction of sp³-hybridized carbons (Fsp3) is 0.444. The quantitative estimate of drug-likeness (QED) is 0.206. The molecule has 0 saturated carbocycles. The van der Waals surface area contributed by atoms with Gasteiger partial charge in [-0.15, -0.1) is 6.58 Å². The largest absolute Gasteiger partial charge is 0.493 e. The number of alkyl halides is 1. The molecule has 2 aromatic heterocycles. The molecule has 4 atom stereocenters. The molecule has 13 heteroatoms. The van der Waals surface area contributed by atoms with Crippen LogP contribution in [-0.4, -0.2) is 69.0 Å². The standard InChI is InChI=1S/C27H30BrClF2N6O3/c1-3-16(34-14(2)17-6-4-8-33-24(17)32)12-39-23-18-22(21(31)19(28)20(23)29)35-26(36-25(18)38)40-13-27-7-5-9-37(27)11-15(30)10-27/h3-4,6,8,14-16,34H,1,5,7,9-13H2,2H3,(H2,32,33)(H,35,36,38)/t14?,15-,16+,27+/m1/s1. The summed E-state index contributed by atoms with van der Waals surface area (Å²) in [7, 11) is 0. The van der Waals surface area contributed by atoms with Gasteiger partial charge in [0.05, 0.1) is 16.1 Å². The maximum atomic E-state index is 15.3. The van der Waals surface area contributed by atoms with Gasteiger partial charge in [0.1, 0.15) is 41.1 Å². The molecule has 4 heterocycles. The van der Waals surface area contributed by atoms with Crippen molar-refractivity contribution < 1.29 is 23.4 Å². The Hall–Kier alpha value is -2.80. The SMILES string of the molecule is C=C[C@@H](COc1c(Cl)c(Br)c(F)c2nc(OC[C@@]34CCCN3C[C@H](F)C4)nc(O)c12)NC(C)c1cccnc1N. The van der Waals surface area contributed by atoms with E-state index < -0.39 is 23.4 Å². The molecule has 0 aliphatic carbocycles. The van der Waals surface area contributed by atoms with E-state index in [2.05, 4.69) is 47.7 Å². The van der Waals surface area contributed by atoms with Crippen molar-refractivity contribution in [2.24, 2.45) is 0 Å². The van der Waals surface area contributed by atoms with Gasteiger partial charge < -0.3 is 25.6 Å². The third-order valence-corrected chi connectivity index (χ3v) is 8.95. The van der Waals surface area contributed by atoms with E-state index in [4.69, 9.17) is 26.8 Å². The van der Waals surface area contributed by atoms with E-state index in [0.29, 0.717) is 18.8 Å². The molecule has 2 aliphatic rings. The number of pyridine rings is 1. The first kappa shape index (κ1) is 28.7. The molecule has 3 aromatic rings. The number of nitrogens with one attached hydrogen (secondary N) is 1. The van der Waals surface area contributed by atoms with Gasteiger partial charge in [-0.1, -0.05) is 23.7 Å². The van der Waals surface area contributed by atoms with Crippen LogP contribution in [0.15, 0.2) is 35.5 Å². The van der Waals surface area contributed by atoms with Crippen LogP contribution in [0, 0.1) is 5.82 Å². The third-order valence-electron chi connectivity index (χ3n) is 7.61. The van der Waals surface area contributed by atoms with E-state index in [1.807, 2.05) is 13.0 Å². The van der Waals surface area contributed by atoms with E-state index in [-0.39, 0.29) is 57.5 Å². The molecular formula is C27H30BrClF2N6O3. The van der Waals surface area contributed by atoms with Crippen molar-refractivity contribution in [1.82, 2.24) is 25.2 Å². The van der Waals surface area contributed by atoms with E-state index in [0.717, 1.165) is 24.9 Å². The van der Waals surface area contributed by atoms with Crippen molar-refractivity contribution in [3.8, 4) is 17.6 Å². The summed E-state index contributed by atoms with van der Waals surface area (Å²) in [5.41, 5.74) is 6.12.